The second kappa shape index (κ2) is 5.88. The average Bonchev–Trinajstić information content (AvgIpc) is 2.24. The van der Waals surface area contributed by atoms with Gasteiger partial charge in [-0.3, -0.25) is 0 Å². The number of benzene rings is 1. The smallest absolute Gasteiger partial charge is 0.406 e. The van der Waals surface area contributed by atoms with E-state index in [2.05, 4.69) is 4.74 Å². The number of nitrogens with two attached hydrogens (primary N) is 1. The van der Waals surface area contributed by atoms with E-state index in [1.807, 2.05) is 0 Å². The lowest BCUT2D eigenvalue weighted by Gasteiger charge is -2.13. The summed E-state index contributed by atoms with van der Waals surface area (Å²) >= 11 is 0. The van der Waals surface area contributed by atoms with Gasteiger partial charge >= 0.3 is 6.36 Å². The van der Waals surface area contributed by atoms with E-state index in [1.54, 1.807) is 6.07 Å². The van der Waals surface area contributed by atoms with Gasteiger partial charge in [0.25, 0.3) is 0 Å². The van der Waals surface area contributed by atoms with Crippen LogP contribution in [0.25, 0.3) is 0 Å². The van der Waals surface area contributed by atoms with Crippen molar-refractivity contribution < 1.29 is 23.0 Å². The van der Waals surface area contributed by atoms with Crippen LogP contribution < -0.4 is 10.5 Å². The molecule has 1 rings (SSSR count). The fourth-order valence-electron chi connectivity index (χ4n) is 1.43. The normalized spacial score (nSPS) is 13.5. The summed E-state index contributed by atoms with van der Waals surface area (Å²) in [7, 11) is 0. The molecule has 1 aromatic carbocycles. The first-order valence-electron chi connectivity index (χ1n) is 5.10. The number of aliphatic hydroxyl groups excluding tert-OH is 1. The highest BCUT2D eigenvalue weighted by molar-refractivity contribution is 5.29. The Hall–Kier alpha value is -1.27. The van der Waals surface area contributed by atoms with Crippen LogP contribution in [0.4, 0.5) is 13.2 Å². The first-order chi connectivity index (χ1) is 7.94. The van der Waals surface area contributed by atoms with Crippen LogP contribution in [0.15, 0.2) is 24.3 Å². The van der Waals surface area contributed by atoms with Crippen LogP contribution in [0.2, 0.25) is 0 Å². The molecule has 3 N–H and O–H groups in total. The highest BCUT2D eigenvalue weighted by Crippen LogP contribution is 2.24. The van der Waals surface area contributed by atoms with Crippen molar-refractivity contribution in [3.63, 3.8) is 0 Å². The van der Waals surface area contributed by atoms with Gasteiger partial charge < -0.3 is 15.6 Å². The molecule has 1 atom stereocenters. The van der Waals surface area contributed by atoms with Crippen LogP contribution in [0.5, 0.6) is 5.75 Å². The van der Waals surface area contributed by atoms with Gasteiger partial charge in [0.15, 0.2) is 0 Å². The molecule has 0 radical (unpaired) electrons. The SMILES string of the molecule is NC[C@H](CO)Cc1cccc(OC(F)(F)F)c1. The van der Waals surface area contributed by atoms with Gasteiger partial charge in [-0.05, 0) is 36.6 Å². The summed E-state index contributed by atoms with van der Waals surface area (Å²) in [6.45, 7) is 0.182. The van der Waals surface area contributed by atoms with E-state index < -0.39 is 6.36 Å². The molecule has 0 aliphatic heterocycles. The van der Waals surface area contributed by atoms with E-state index in [9.17, 15) is 13.2 Å². The Morgan fingerprint density at radius 2 is 2.06 bits per heavy atom. The maximum Gasteiger partial charge on any atom is 0.573 e. The summed E-state index contributed by atoms with van der Waals surface area (Å²) in [6.07, 6.45) is -4.27. The van der Waals surface area contributed by atoms with Crippen LogP contribution >= 0.6 is 0 Å². The quantitative estimate of drug-likeness (QED) is 0.835. The third kappa shape index (κ3) is 5.06. The molecule has 3 nitrogen and oxygen atoms in total. The molecule has 0 fully saturated rings. The second-order valence-corrected chi connectivity index (χ2v) is 3.68. The number of hydrogen-bond donors (Lipinski definition) is 2. The van der Waals surface area contributed by atoms with Gasteiger partial charge in [0, 0.05) is 6.61 Å². The van der Waals surface area contributed by atoms with E-state index >= 15 is 0 Å². The van der Waals surface area contributed by atoms with E-state index in [0.717, 1.165) is 0 Å². The van der Waals surface area contributed by atoms with Crippen molar-refractivity contribution in [1.82, 2.24) is 0 Å². The average molecular weight is 249 g/mol. The molecule has 0 aromatic heterocycles. The van der Waals surface area contributed by atoms with E-state index in [1.165, 1.54) is 18.2 Å². The predicted molar refractivity (Wildman–Crippen MR) is 56.5 cm³/mol. The van der Waals surface area contributed by atoms with Crippen molar-refractivity contribution in [3.8, 4) is 5.75 Å². The lowest BCUT2D eigenvalue weighted by Crippen LogP contribution is -2.20. The summed E-state index contributed by atoms with van der Waals surface area (Å²) in [5.74, 6) is -0.417. The monoisotopic (exact) mass is 249 g/mol. The van der Waals surface area contributed by atoms with Crippen LogP contribution in [0.1, 0.15) is 5.56 Å². The molecule has 17 heavy (non-hydrogen) atoms. The maximum absolute atomic E-state index is 12.0. The molecular formula is C11H14F3NO2. The number of ether oxygens (including phenoxy) is 1. The van der Waals surface area contributed by atoms with Gasteiger partial charge in [0.05, 0.1) is 0 Å². The van der Waals surface area contributed by atoms with Gasteiger partial charge in [-0.2, -0.15) is 0 Å². The van der Waals surface area contributed by atoms with E-state index in [4.69, 9.17) is 10.8 Å². The lowest BCUT2D eigenvalue weighted by molar-refractivity contribution is -0.274. The summed E-state index contributed by atoms with van der Waals surface area (Å²) in [5, 5.41) is 8.95. The molecule has 0 bridgehead atoms. The molecule has 0 saturated carbocycles. The first kappa shape index (κ1) is 13.8. The summed E-state index contributed by atoms with van der Waals surface area (Å²) < 4.78 is 39.8. The molecule has 6 heteroatoms. The zero-order chi connectivity index (χ0) is 12.9. The van der Waals surface area contributed by atoms with Gasteiger partial charge in [-0.1, -0.05) is 12.1 Å². The van der Waals surface area contributed by atoms with Crippen molar-refractivity contribution in [2.75, 3.05) is 13.2 Å². The molecule has 0 saturated heterocycles. The number of hydrogen-bond acceptors (Lipinski definition) is 3. The Kier molecular flexibility index (Phi) is 4.77. The lowest BCUT2D eigenvalue weighted by atomic mass is 10.0. The van der Waals surface area contributed by atoms with Gasteiger partial charge in [-0.15, -0.1) is 13.2 Å². The Morgan fingerprint density at radius 1 is 1.35 bits per heavy atom. The summed E-state index contributed by atoms with van der Waals surface area (Å²) in [6, 6.07) is 5.67. The topological polar surface area (TPSA) is 55.5 Å². The molecule has 0 heterocycles. The van der Waals surface area contributed by atoms with Crippen molar-refractivity contribution in [3.05, 3.63) is 29.8 Å². The first-order valence-corrected chi connectivity index (χ1v) is 5.10. The Balaban J connectivity index is 2.72. The number of halogens is 3. The highest BCUT2D eigenvalue weighted by Gasteiger charge is 2.31. The zero-order valence-corrected chi connectivity index (χ0v) is 9.07. The van der Waals surface area contributed by atoms with E-state index in [-0.39, 0.29) is 24.8 Å². The van der Waals surface area contributed by atoms with Crippen LogP contribution in [-0.2, 0) is 6.42 Å². The molecule has 0 aliphatic rings. The van der Waals surface area contributed by atoms with Crippen LogP contribution in [0.3, 0.4) is 0 Å². The Morgan fingerprint density at radius 3 is 2.59 bits per heavy atom. The molecule has 0 amide bonds. The zero-order valence-electron chi connectivity index (χ0n) is 9.07. The second-order valence-electron chi connectivity index (χ2n) is 3.68. The van der Waals surface area contributed by atoms with Crippen molar-refractivity contribution in [1.29, 1.82) is 0 Å². The molecule has 0 unspecified atom stereocenters. The minimum atomic E-state index is -4.69. The summed E-state index contributed by atoms with van der Waals surface area (Å²) in [5.41, 5.74) is 6.05. The Labute approximate surface area is 97.0 Å². The minimum absolute atomic E-state index is 0.0964. The standard InChI is InChI=1S/C11H14F3NO2/c12-11(13,14)17-10-3-1-2-8(5-10)4-9(6-15)7-16/h1-3,5,9,16H,4,6-7,15H2/t9-/m1/s1. The summed E-state index contributed by atoms with van der Waals surface area (Å²) in [4.78, 5) is 0. The van der Waals surface area contributed by atoms with E-state index in [0.29, 0.717) is 12.0 Å². The van der Waals surface area contributed by atoms with Gasteiger partial charge in [-0.25, -0.2) is 0 Å². The molecular weight excluding hydrogens is 235 g/mol. The van der Waals surface area contributed by atoms with Crippen LogP contribution in [0, 0.1) is 5.92 Å². The maximum atomic E-state index is 12.0. The molecule has 0 aliphatic carbocycles. The van der Waals surface area contributed by atoms with Crippen molar-refractivity contribution in [2.45, 2.75) is 12.8 Å². The molecule has 96 valence electrons. The van der Waals surface area contributed by atoms with Gasteiger partial charge in [0.1, 0.15) is 5.75 Å². The van der Waals surface area contributed by atoms with Gasteiger partial charge in [0.2, 0.25) is 0 Å². The fraction of sp³-hybridized carbons (Fsp3) is 0.455. The largest absolute Gasteiger partial charge is 0.573 e. The fourth-order valence-corrected chi connectivity index (χ4v) is 1.43. The molecule has 0 spiro atoms. The number of aliphatic hydroxyl groups is 1. The number of rotatable bonds is 5. The third-order valence-corrected chi connectivity index (χ3v) is 2.25. The number of alkyl halides is 3. The Bertz CT molecular complexity index is 351. The van der Waals surface area contributed by atoms with Crippen LogP contribution in [-0.4, -0.2) is 24.6 Å². The molecule has 1 aromatic rings. The predicted octanol–water partition coefficient (Wildman–Crippen LogP) is 1.69. The highest BCUT2D eigenvalue weighted by atomic mass is 19.4. The van der Waals surface area contributed by atoms with Crippen molar-refractivity contribution >= 4 is 0 Å². The third-order valence-electron chi connectivity index (χ3n) is 2.25. The minimum Gasteiger partial charge on any atom is -0.406 e. The van der Waals surface area contributed by atoms with Crippen molar-refractivity contribution in [2.24, 2.45) is 11.7 Å².